The Bertz CT molecular complexity index is 828. The fourth-order valence-electron chi connectivity index (χ4n) is 3.56. The lowest BCUT2D eigenvalue weighted by molar-refractivity contribution is -0.385. The third kappa shape index (κ3) is 4.61. The van der Waals surface area contributed by atoms with Crippen LogP contribution in [0.25, 0.3) is 0 Å². The molecule has 2 aromatic carbocycles. The van der Waals surface area contributed by atoms with Crippen LogP contribution in [-0.4, -0.2) is 36.6 Å². The van der Waals surface area contributed by atoms with Crippen LogP contribution in [0.4, 0.5) is 5.69 Å². The van der Waals surface area contributed by atoms with Crippen LogP contribution in [0.2, 0.25) is 0 Å². The number of hydrogen-bond acceptors (Lipinski definition) is 6. The first-order chi connectivity index (χ1) is 13.4. The standard InChI is InChI=1S/C21H27N3O4/c1-21(14-22)8-9-23(15-21)12-17-10-19(27-2)20(11-18(17)24(25)26)28-13-16-6-4-3-5-7-16/h3-7,10-11H,8-9,12-15,22H2,1-2H3. The molecule has 1 saturated heterocycles. The van der Waals surface area contributed by atoms with E-state index in [0.29, 0.717) is 36.8 Å². The first kappa shape index (κ1) is 20.1. The van der Waals surface area contributed by atoms with E-state index in [0.717, 1.165) is 25.1 Å². The molecule has 1 aliphatic rings. The Labute approximate surface area is 165 Å². The largest absolute Gasteiger partial charge is 0.493 e. The molecule has 1 unspecified atom stereocenters. The molecule has 0 spiro atoms. The molecule has 28 heavy (non-hydrogen) atoms. The topological polar surface area (TPSA) is 90.9 Å². The maximum Gasteiger partial charge on any atom is 0.277 e. The van der Waals surface area contributed by atoms with Gasteiger partial charge >= 0.3 is 0 Å². The van der Waals surface area contributed by atoms with Crippen LogP contribution >= 0.6 is 0 Å². The van der Waals surface area contributed by atoms with Crippen LogP contribution in [0.15, 0.2) is 42.5 Å². The maximum atomic E-state index is 11.7. The molecular weight excluding hydrogens is 358 g/mol. The summed E-state index contributed by atoms with van der Waals surface area (Å²) in [4.78, 5) is 13.5. The van der Waals surface area contributed by atoms with Crippen molar-refractivity contribution in [1.82, 2.24) is 4.90 Å². The van der Waals surface area contributed by atoms with Crippen LogP contribution in [0, 0.1) is 15.5 Å². The predicted molar refractivity (Wildman–Crippen MR) is 107 cm³/mol. The summed E-state index contributed by atoms with van der Waals surface area (Å²) in [5.74, 6) is 0.868. The number of nitro benzene ring substituents is 1. The Hall–Kier alpha value is -2.64. The number of hydrogen-bond donors (Lipinski definition) is 1. The first-order valence-electron chi connectivity index (χ1n) is 9.38. The number of methoxy groups -OCH3 is 1. The van der Waals surface area contributed by atoms with Crippen molar-refractivity contribution in [3.63, 3.8) is 0 Å². The van der Waals surface area contributed by atoms with E-state index in [1.807, 2.05) is 30.3 Å². The summed E-state index contributed by atoms with van der Waals surface area (Å²) in [5, 5.41) is 11.7. The second-order valence-corrected chi connectivity index (χ2v) is 7.64. The van der Waals surface area contributed by atoms with Gasteiger partial charge in [-0.2, -0.15) is 0 Å². The lowest BCUT2D eigenvalue weighted by atomic mass is 9.90. The van der Waals surface area contributed by atoms with Gasteiger partial charge in [0.2, 0.25) is 0 Å². The van der Waals surface area contributed by atoms with Crippen molar-refractivity contribution in [3.8, 4) is 11.5 Å². The highest BCUT2D eigenvalue weighted by atomic mass is 16.6. The number of ether oxygens (including phenoxy) is 2. The smallest absolute Gasteiger partial charge is 0.277 e. The van der Waals surface area contributed by atoms with E-state index in [1.165, 1.54) is 6.07 Å². The minimum Gasteiger partial charge on any atom is -0.493 e. The SMILES string of the molecule is COc1cc(CN2CCC(C)(CN)C2)c([N+](=O)[O-])cc1OCc1ccccc1. The highest BCUT2D eigenvalue weighted by Crippen LogP contribution is 2.37. The van der Waals surface area contributed by atoms with Gasteiger partial charge in [0, 0.05) is 18.7 Å². The molecule has 0 saturated carbocycles. The van der Waals surface area contributed by atoms with Crippen molar-refractivity contribution < 1.29 is 14.4 Å². The zero-order valence-electron chi connectivity index (χ0n) is 16.4. The predicted octanol–water partition coefficient (Wildman–Crippen LogP) is 3.35. The van der Waals surface area contributed by atoms with Crippen molar-refractivity contribution in [1.29, 1.82) is 0 Å². The average Bonchev–Trinajstić information content (AvgIpc) is 3.08. The van der Waals surface area contributed by atoms with Gasteiger partial charge in [0.1, 0.15) is 6.61 Å². The highest BCUT2D eigenvalue weighted by Gasteiger charge is 2.33. The molecule has 1 heterocycles. The van der Waals surface area contributed by atoms with E-state index < -0.39 is 0 Å². The summed E-state index contributed by atoms with van der Waals surface area (Å²) in [7, 11) is 1.54. The molecule has 2 aromatic rings. The zero-order chi connectivity index (χ0) is 20.1. The van der Waals surface area contributed by atoms with Gasteiger partial charge in [-0.3, -0.25) is 15.0 Å². The van der Waals surface area contributed by atoms with Crippen molar-refractivity contribution in [2.75, 3.05) is 26.7 Å². The number of nitrogens with zero attached hydrogens (tertiary/aromatic N) is 2. The summed E-state index contributed by atoms with van der Waals surface area (Å²) in [6.45, 7) is 5.27. The Balaban J connectivity index is 1.82. The molecule has 7 nitrogen and oxygen atoms in total. The van der Waals surface area contributed by atoms with E-state index >= 15 is 0 Å². The summed E-state index contributed by atoms with van der Waals surface area (Å²) in [5.41, 5.74) is 7.59. The lowest BCUT2D eigenvalue weighted by Gasteiger charge is -2.23. The molecule has 0 radical (unpaired) electrons. The van der Waals surface area contributed by atoms with Gasteiger partial charge in [-0.1, -0.05) is 37.3 Å². The molecule has 2 N–H and O–H groups in total. The molecule has 0 bridgehead atoms. The van der Waals surface area contributed by atoms with E-state index in [2.05, 4.69) is 11.8 Å². The lowest BCUT2D eigenvalue weighted by Crippen LogP contribution is -2.31. The second-order valence-electron chi connectivity index (χ2n) is 7.64. The Morgan fingerprint density at radius 2 is 2.00 bits per heavy atom. The maximum absolute atomic E-state index is 11.7. The molecule has 1 fully saturated rings. The fourth-order valence-corrected chi connectivity index (χ4v) is 3.56. The van der Waals surface area contributed by atoms with Gasteiger partial charge in [0.05, 0.1) is 18.1 Å². The second kappa shape index (κ2) is 8.58. The Morgan fingerprint density at radius 1 is 1.25 bits per heavy atom. The average molecular weight is 385 g/mol. The molecule has 0 aromatic heterocycles. The van der Waals surface area contributed by atoms with Crippen LogP contribution < -0.4 is 15.2 Å². The third-order valence-electron chi connectivity index (χ3n) is 5.32. The summed E-state index contributed by atoms with van der Waals surface area (Å²) in [6.07, 6.45) is 0.993. The number of benzene rings is 2. The van der Waals surface area contributed by atoms with Crippen molar-refractivity contribution in [2.24, 2.45) is 11.1 Å². The molecular formula is C21H27N3O4. The Morgan fingerprint density at radius 3 is 2.61 bits per heavy atom. The van der Waals surface area contributed by atoms with Crippen molar-refractivity contribution in [3.05, 3.63) is 63.7 Å². The molecule has 0 amide bonds. The highest BCUT2D eigenvalue weighted by molar-refractivity contribution is 5.54. The van der Waals surface area contributed by atoms with Crippen molar-refractivity contribution in [2.45, 2.75) is 26.5 Å². The van der Waals surface area contributed by atoms with Gasteiger partial charge < -0.3 is 15.2 Å². The molecule has 3 rings (SSSR count). The fraction of sp³-hybridized carbons (Fsp3) is 0.429. The zero-order valence-corrected chi connectivity index (χ0v) is 16.4. The minimum atomic E-state index is -0.359. The number of rotatable bonds is 8. The van der Waals surface area contributed by atoms with Crippen LogP contribution in [0.5, 0.6) is 11.5 Å². The Kier molecular flexibility index (Phi) is 6.16. The van der Waals surface area contributed by atoms with E-state index in [-0.39, 0.29) is 16.0 Å². The van der Waals surface area contributed by atoms with E-state index in [9.17, 15) is 10.1 Å². The summed E-state index contributed by atoms with van der Waals surface area (Å²) < 4.78 is 11.3. The molecule has 7 heteroatoms. The number of nitro groups is 1. The van der Waals surface area contributed by atoms with Gasteiger partial charge in [-0.05, 0) is 36.6 Å². The molecule has 0 aliphatic carbocycles. The van der Waals surface area contributed by atoms with E-state index in [1.54, 1.807) is 13.2 Å². The van der Waals surface area contributed by atoms with Crippen LogP contribution in [-0.2, 0) is 13.2 Å². The van der Waals surface area contributed by atoms with Crippen LogP contribution in [0.3, 0.4) is 0 Å². The number of likely N-dealkylation sites (tertiary alicyclic amines) is 1. The number of nitrogens with two attached hydrogens (primary N) is 1. The van der Waals surface area contributed by atoms with Crippen LogP contribution in [0.1, 0.15) is 24.5 Å². The molecule has 1 aliphatic heterocycles. The van der Waals surface area contributed by atoms with Gasteiger partial charge in [0.25, 0.3) is 5.69 Å². The monoisotopic (exact) mass is 385 g/mol. The van der Waals surface area contributed by atoms with E-state index in [4.69, 9.17) is 15.2 Å². The molecule has 1 atom stereocenters. The summed E-state index contributed by atoms with van der Waals surface area (Å²) >= 11 is 0. The first-order valence-corrected chi connectivity index (χ1v) is 9.38. The van der Waals surface area contributed by atoms with Gasteiger partial charge in [0.15, 0.2) is 11.5 Å². The molecule has 150 valence electrons. The quantitative estimate of drug-likeness (QED) is 0.553. The third-order valence-corrected chi connectivity index (χ3v) is 5.32. The van der Waals surface area contributed by atoms with Crippen molar-refractivity contribution >= 4 is 5.69 Å². The normalized spacial score (nSPS) is 19.5. The minimum absolute atomic E-state index is 0.0465. The summed E-state index contributed by atoms with van der Waals surface area (Å²) in [6, 6.07) is 12.8. The van der Waals surface area contributed by atoms with Gasteiger partial charge in [-0.25, -0.2) is 0 Å². The van der Waals surface area contributed by atoms with Gasteiger partial charge in [-0.15, -0.1) is 0 Å².